The first-order chi connectivity index (χ1) is 8.00. The lowest BCUT2D eigenvalue weighted by Crippen LogP contribution is -1.92. The van der Waals surface area contributed by atoms with E-state index in [-0.39, 0.29) is 4.83 Å². The molecule has 0 aliphatic rings. The minimum absolute atomic E-state index is 0.212. The summed E-state index contributed by atoms with van der Waals surface area (Å²) >= 11 is 16.2. The van der Waals surface area contributed by atoms with E-state index in [2.05, 4.69) is 94.9 Å². The number of alkyl halides is 1. The van der Waals surface area contributed by atoms with Gasteiger partial charge in [0.25, 0.3) is 0 Å². The van der Waals surface area contributed by atoms with Crippen molar-refractivity contribution < 1.29 is 0 Å². The van der Waals surface area contributed by atoms with Crippen LogP contribution < -0.4 is 0 Å². The average molecular weight is 504 g/mol. The van der Waals surface area contributed by atoms with Crippen molar-refractivity contribution in [3.8, 4) is 0 Å². The molecule has 0 aliphatic carbocycles. The molecule has 5 heteroatoms. The zero-order chi connectivity index (χ0) is 12.6. The van der Waals surface area contributed by atoms with Gasteiger partial charge < -0.3 is 0 Å². The van der Waals surface area contributed by atoms with Crippen molar-refractivity contribution in [2.75, 3.05) is 0 Å². The molecule has 1 aromatic carbocycles. The second kappa shape index (κ2) is 5.87. The largest absolute Gasteiger partial charge is 0.131 e. The molecule has 0 radical (unpaired) electrons. The summed E-state index contributed by atoms with van der Waals surface area (Å²) in [5, 5.41) is 0. The summed E-state index contributed by atoms with van der Waals surface area (Å²) in [6, 6.07) is 8.47. The molecule has 0 saturated heterocycles. The molecule has 1 aromatic heterocycles. The molecule has 1 unspecified atom stereocenters. The van der Waals surface area contributed by atoms with Gasteiger partial charge in [0.05, 0.1) is 8.61 Å². The Morgan fingerprint density at radius 1 is 1.18 bits per heavy atom. The van der Waals surface area contributed by atoms with E-state index in [1.165, 1.54) is 20.5 Å². The Hall–Kier alpha value is 0.840. The minimum atomic E-state index is 0.212. The van der Waals surface area contributed by atoms with Crippen LogP contribution >= 0.6 is 75.1 Å². The lowest BCUT2D eigenvalue weighted by Gasteiger charge is -2.12. The van der Waals surface area contributed by atoms with Crippen LogP contribution in [0.3, 0.4) is 0 Å². The maximum Gasteiger partial charge on any atom is 0.0843 e. The van der Waals surface area contributed by atoms with Gasteiger partial charge in [0, 0.05) is 13.8 Å². The van der Waals surface area contributed by atoms with E-state index in [0.29, 0.717) is 0 Å². The van der Waals surface area contributed by atoms with Gasteiger partial charge in [0.15, 0.2) is 0 Å². The van der Waals surface area contributed by atoms with E-state index < -0.39 is 0 Å². The lowest BCUT2D eigenvalue weighted by atomic mass is 10.1. The molecular formula is C12H8Br4S. The molecule has 0 spiro atoms. The fraction of sp³-hybridized carbons (Fsp3) is 0.167. The van der Waals surface area contributed by atoms with Crippen molar-refractivity contribution in [3.63, 3.8) is 0 Å². The summed E-state index contributed by atoms with van der Waals surface area (Å²) in [6.45, 7) is 2.10. The maximum absolute atomic E-state index is 3.77. The highest BCUT2D eigenvalue weighted by molar-refractivity contribution is 9.13. The third-order valence-electron chi connectivity index (χ3n) is 2.41. The Balaban J connectivity index is 2.43. The standard InChI is InChI=1S/C12H8Br4S/c1-6-3-2-4-7(10(6)14)11(15)9-5-8(13)12(16)17-9/h2-5,11H,1H3. The summed E-state index contributed by atoms with van der Waals surface area (Å²) in [4.78, 5) is 1.49. The molecule has 0 nitrogen and oxygen atoms in total. The van der Waals surface area contributed by atoms with Crippen LogP contribution in [0.2, 0.25) is 0 Å². The average Bonchev–Trinajstić information content (AvgIpc) is 2.62. The van der Waals surface area contributed by atoms with Gasteiger partial charge in [-0.25, -0.2) is 0 Å². The Labute approximate surface area is 138 Å². The number of thiophene rings is 1. The summed E-state index contributed by atoms with van der Waals surface area (Å²) in [5.74, 6) is 0. The van der Waals surface area contributed by atoms with Gasteiger partial charge in [-0.3, -0.25) is 0 Å². The first-order valence-electron chi connectivity index (χ1n) is 4.84. The zero-order valence-electron chi connectivity index (χ0n) is 8.81. The Morgan fingerprint density at radius 3 is 2.47 bits per heavy atom. The topological polar surface area (TPSA) is 0 Å². The molecule has 2 aromatic rings. The van der Waals surface area contributed by atoms with Gasteiger partial charge >= 0.3 is 0 Å². The molecule has 1 atom stereocenters. The third kappa shape index (κ3) is 3.06. The smallest absolute Gasteiger partial charge is 0.0843 e. The van der Waals surface area contributed by atoms with Crippen LogP contribution in [0.15, 0.2) is 37.0 Å². The molecule has 0 N–H and O–H groups in total. The van der Waals surface area contributed by atoms with Crippen molar-refractivity contribution in [3.05, 3.63) is 53.0 Å². The normalized spacial score (nSPS) is 12.8. The van der Waals surface area contributed by atoms with E-state index in [1.807, 2.05) is 0 Å². The van der Waals surface area contributed by atoms with Crippen LogP contribution in [0.1, 0.15) is 20.8 Å². The van der Waals surface area contributed by atoms with Gasteiger partial charge in [0.1, 0.15) is 0 Å². The van der Waals surface area contributed by atoms with Gasteiger partial charge in [-0.05, 0) is 56.0 Å². The van der Waals surface area contributed by atoms with Gasteiger partial charge in [-0.2, -0.15) is 0 Å². The second-order valence-corrected chi connectivity index (χ2v) is 8.58. The Morgan fingerprint density at radius 2 is 1.88 bits per heavy atom. The second-order valence-electron chi connectivity index (χ2n) is 3.61. The van der Waals surface area contributed by atoms with Crippen LogP contribution in [0.4, 0.5) is 0 Å². The van der Waals surface area contributed by atoms with Crippen LogP contribution in [-0.4, -0.2) is 0 Å². The van der Waals surface area contributed by atoms with Gasteiger partial charge in [0.2, 0.25) is 0 Å². The molecule has 0 fully saturated rings. The lowest BCUT2D eigenvalue weighted by molar-refractivity contribution is 1.19. The molecule has 0 bridgehead atoms. The number of hydrogen-bond donors (Lipinski definition) is 0. The summed E-state index contributed by atoms with van der Waals surface area (Å²) in [6.07, 6.45) is 0. The highest BCUT2D eigenvalue weighted by Gasteiger charge is 2.17. The molecule has 0 aliphatic heterocycles. The number of hydrogen-bond acceptors (Lipinski definition) is 1. The minimum Gasteiger partial charge on any atom is -0.131 e. The summed E-state index contributed by atoms with van der Waals surface area (Å²) < 4.78 is 3.40. The fourth-order valence-electron chi connectivity index (χ4n) is 1.51. The van der Waals surface area contributed by atoms with E-state index >= 15 is 0 Å². The number of benzene rings is 1. The fourth-order valence-corrected chi connectivity index (χ4v) is 5.19. The van der Waals surface area contributed by atoms with Crippen LogP contribution in [0, 0.1) is 6.92 Å². The number of aryl methyl sites for hydroxylation is 1. The molecule has 90 valence electrons. The molecule has 17 heavy (non-hydrogen) atoms. The van der Waals surface area contributed by atoms with Crippen molar-refractivity contribution in [2.45, 2.75) is 11.8 Å². The van der Waals surface area contributed by atoms with E-state index in [4.69, 9.17) is 0 Å². The van der Waals surface area contributed by atoms with E-state index in [1.54, 1.807) is 11.3 Å². The summed E-state index contributed by atoms with van der Waals surface area (Å²) in [7, 11) is 0. The number of rotatable bonds is 2. The predicted molar refractivity (Wildman–Crippen MR) is 89.4 cm³/mol. The molecule has 0 saturated carbocycles. The SMILES string of the molecule is Cc1cccc(C(Br)c2cc(Br)c(Br)s2)c1Br. The molecule has 1 heterocycles. The maximum atomic E-state index is 3.77. The van der Waals surface area contributed by atoms with Gasteiger partial charge in [-0.1, -0.05) is 50.1 Å². The zero-order valence-corrected chi connectivity index (χ0v) is 16.0. The van der Waals surface area contributed by atoms with Crippen LogP contribution in [0.25, 0.3) is 0 Å². The first kappa shape index (κ1) is 14.3. The number of halogens is 4. The molecule has 0 amide bonds. The Kier molecular flexibility index (Phi) is 4.92. The van der Waals surface area contributed by atoms with Crippen molar-refractivity contribution in [2.24, 2.45) is 0 Å². The highest BCUT2D eigenvalue weighted by Crippen LogP contribution is 2.43. The van der Waals surface area contributed by atoms with Gasteiger partial charge in [-0.15, -0.1) is 11.3 Å². The van der Waals surface area contributed by atoms with Crippen molar-refractivity contribution in [1.82, 2.24) is 0 Å². The monoisotopic (exact) mass is 500 g/mol. The highest BCUT2D eigenvalue weighted by atomic mass is 79.9. The third-order valence-corrected chi connectivity index (χ3v) is 8.10. The Bertz CT molecular complexity index is 528. The molecular weight excluding hydrogens is 496 g/mol. The van der Waals surface area contributed by atoms with E-state index in [0.717, 1.165) is 8.26 Å². The first-order valence-corrected chi connectivity index (χ1v) is 8.95. The quantitative estimate of drug-likeness (QED) is 0.394. The van der Waals surface area contributed by atoms with Crippen molar-refractivity contribution in [1.29, 1.82) is 0 Å². The van der Waals surface area contributed by atoms with Crippen molar-refractivity contribution >= 4 is 75.1 Å². The summed E-state index contributed by atoms with van der Waals surface area (Å²) in [5.41, 5.74) is 2.51. The predicted octanol–water partition coefficient (Wildman–Crippen LogP) is 6.83. The van der Waals surface area contributed by atoms with Crippen LogP contribution in [-0.2, 0) is 0 Å². The molecule has 2 rings (SSSR count). The van der Waals surface area contributed by atoms with Crippen LogP contribution in [0.5, 0.6) is 0 Å². The van der Waals surface area contributed by atoms with E-state index in [9.17, 15) is 0 Å².